The van der Waals surface area contributed by atoms with E-state index < -0.39 is 11.8 Å². The summed E-state index contributed by atoms with van der Waals surface area (Å²) < 4.78 is 18.2. The fraction of sp³-hybridized carbons (Fsp3) is 0.300. The van der Waals surface area contributed by atoms with Gasteiger partial charge in [0.1, 0.15) is 5.82 Å². The number of hydrogen-bond donors (Lipinski definition) is 2. The quantitative estimate of drug-likeness (QED) is 0.789. The van der Waals surface area contributed by atoms with Crippen LogP contribution < -0.4 is 15.5 Å². The van der Waals surface area contributed by atoms with E-state index in [4.69, 9.17) is 4.74 Å². The maximum atomic E-state index is 12.9. The number of anilines is 2. The fourth-order valence-electron chi connectivity index (χ4n) is 2.84. The largest absolute Gasteiger partial charge is 0.378 e. The van der Waals surface area contributed by atoms with Gasteiger partial charge in [-0.25, -0.2) is 4.39 Å². The van der Waals surface area contributed by atoms with Gasteiger partial charge in [0.15, 0.2) is 0 Å². The van der Waals surface area contributed by atoms with Crippen molar-refractivity contribution < 1.29 is 18.7 Å². The number of carbonyl (C=O) groups is 2. The molecule has 3 rings (SSSR count). The van der Waals surface area contributed by atoms with Crippen molar-refractivity contribution in [2.75, 3.05) is 43.1 Å². The molecule has 0 spiro atoms. The highest BCUT2D eigenvalue weighted by Crippen LogP contribution is 2.20. The lowest BCUT2D eigenvalue weighted by molar-refractivity contribution is -0.136. The minimum atomic E-state index is -0.715. The lowest BCUT2D eigenvalue weighted by Gasteiger charge is -2.29. The Labute approximate surface area is 157 Å². The summed E-state index contributed by atoms with van der Waals surface area (Å²) in [4.78, 5) is 26.2. The van der Waals surface area contributed by atoms with E-state index in [1.165, 1.54) is 12.1 Å². The van der Waals surface area contributed by atoms with Crippen LogP contribution in [0.5, 0.6) is 0 Å². The third-order valence-corrected chi connectivity index (χ3v) is 4.30. The Kier molecular flexibility index (Phi) is 6.38. The van der Waals surface area contributed by atoms with E-state index >= 15 is 0 Å². The number of morpholine rings is 1. The summed E-state index contributed by atoms with van der Waals surface area (Å²) in [6, 6.07) is 13.4. The monoisotopic (exact) mass is 371 g/mol. The molecule has 1 aliphatic rings. The highest BCUT2D eigenvalue weighted by atomic mass is 19.1. The first kappa shape index (κ1) is 18.8. The molecule has 1 saturated heterocycles. The van der Waals surface area contributed by atoms with Crippen LogP contribution in [-0.4, -0.2) is 44.7 Å². The van der Waals surface area contributed by atoms with Gasteiger partial charge in [0, 0.05) is 31.0 Å². The first-order valence-electron chi connectivity index (χ1n) is 8.88. The zero-order valence-electron chi connectivity index (χ0n) is 14.9. The van der Waals surface area contributed by atoms with Crippen molar-refractivity contribution >= 4 is 23.2 Å². The number of hydrogen-bond acceptors (Lipinski definition) is 4. The average molecular weight is 371 g/mol. The lowest BCUT2D eigenvalue weighted by Crippen LogP contribution is -2.37. The zero-order valence-corrected chi connectivity index (χ0v) is 14.9. The second kappa shape index (κ2) is 9.14. The third-order valence-electron chi connectivity index (χ3n) is 4.30. The molecular weight excluding hydrogens is 349 g/mol. The molecule has 2 N–H and O–H groups in total. The molecule has 0 aliphatic carbocycles. The van der Waals surface area contributed by atoms with Crippen LogP contribution in [0.25, 0.3) is 0 Å². The van der Waals surface area contributed by atoms with E-state index in [1.54, 1.807) is 18.2 Å². The summed E-state index contributed by atoms with van der Waals surface area (Å²) in [5, 5.41) is 5.19. The molecule has 0 atom stereocenters. The van der Waals surface area contributed by atoms with Gasteiger partial charge in [-0.15, -0.1) is 0 Å². The van der Waals surface area contributed by atoms with Crippen molar-refractivity contribution in [3.63, 3.8) is 0 Å². The molecule has 2 aromatic rings. The van der Waals surface area contributed by atoms with Gasteiger partial charge in [0.2, 0.25) is 0 Å². The lowest BCUT2D eigenvalue weighted by atomic mass is 10.1. The van der Waals surface area contributed by atoms with Crippen molar-refractivity contribution in [1.29, 1.82) is 0 Å². The molecule has 1 fully saturated rings. The van der Waals surface area contributed by atoms with Crippen LogP contribution in [-0.2, 0) is 20.7 Å². The van der Waals surface area contributed by atoms with Gasteiger partial charge < -0.3 is 20.3 Å². The molecule has 6 nitrogen and oxygen atoms in total. The summed E-state index contributed by atoms with van der Waals surface area (Å²) in [7, 11) is 0. The summed E-state index contributed by atoms with van der Waals surface area (Å²) in [5.41, 5.74) is 2.43. The maximum absolute atomic E-state index is 12.9. The van der Waals surface area contributed by atoms with E-state index in [2.05, 4.69) is 15.5 Å². The number of amides is 2. The standard InChI is InChI=1S/C20H22FN3O3/c21-16-6-4-15(5-7-16)8-9-22-19(25)20(26)23-17-2-1-3-18(14-17)24-10-12-27-13-11-24/h1-7,14H,8-13H2,(H,22,25)(H,23,26). The third kappa shape index (κ3) is 5.52. The Morgan fingerprint density at radius 2 is 1.78 bits per heavy atom. The average Bonchev–Trinajstić information content (AvgIpc) is 2.70. The molecule has 27 heavy (non-hydrogen) atoms. The Balaban J connectivity index is 1.49. The Hall–Kier alpha value is -2.93. The molecule has 7 heteroatoms. The molecule has 142 valence electrons. The van der Waals surface area contributed by atoms with Crippen molar-refractivity contribution in [1.82, 2.24) is 5.32 Å². The van der Waals surface area contributed by atoms with E-state index in [0.29, 0.717) is 31.9 Å². The van der Waals surface area contributed by atoms with Crippen LogP contribution in [0.4, 0.5) is 15.8 Å². The maximum Gasteiger partial charge on any atom is 0.313 e. The second-order valence-corrected chi connectivity index (χ2v) is 6.24. The molecular formula is C20H22FN3O3. The van der Waals surface area contributed by atoms with Crippen molar-refractivity contribution in [2.45, 2.75) is 6.42 Å². The van der Waals surface area contributed by atoms with Gasteiger partial charge >= 0.3 is 11.8 Å². The number of carbonyl (C=O) groups excluding carboxylic acids is 2. The molecule has 0 unspecified atom stereocenters. The fourth-order valence-corrected chi connectivity index (χ4v) is 2.84. The van der Waals surface area contributed by atoms with Crippen LogP contribution >= 0.6 is 0 Å². The molecule has 0 aromatic heterocycles. The summed E-state index contributed by atoms with van der Waals surface area (Å²) in [6.45, 7) is 3.23. The van der Waals surface area contributed by atoms with Crippen LogP contribution in [0.1, 0.15) is 5.56 Å². The van der Waals surface area contributed by atoms with Crippen LogP contribution in [0.2, 0.25) is 0 Å². The first-order valence-corrected chi connectivity index (χ1v) is 8.88. The molecule has 0 bridgehead atoms. The Bertz CT molecular complexity index is 789. The molecule has 2 aromatic carbocycles. The SMILES string of the molecule is O=C(NCCc1ccc(F)cc1)C(=O)Nc1cccc(N2CCOCC2)c1. The number of rotatable bonds is 5. The second-order valence-electron chi connectivity index (χ2n) is 6.24. The number of benzene rings is 2. The highest BCUT2D eigenvalue weighted by molar-refractivity contribution is 6.39. The van der Waals surface area contributed by atoms with Crippen LogP contribution in [0.3, 0.4) is 0 Å². The predicted molar refractivity (Wildman–Crippen MR) is 101 cm³/mol. The number of halogens is 1. The van der Waals surface area contributed by atoms with Gasteiger partial charge in [0.05, 0.1) is 13.2 Å². The van der Waals surface area contributed by atoms with E-state index in [9.17, 15) is 14.0 Å². The normalized spacial score (nSPS) is 13.9. The van der Waals surface area contributed by atoms with Crippen LogP contribution in [0.15, 0.2) is 48.5 Å². The minimum absolute atomic E-state index is 0.297. The number of nitrogens with zero attached hydrogens (tertiary/aromatic N) is 1. The zero-order chi connectivity index (χ0) is 19.1. The minimum Gasteiger partial charge on any atom is -0.378 e. The van der Waals surface area contributed by atoms with Gasteiger partial charge in [0.25, 0.3) is 0 Å². The van der Waals surface area contributed by atoms with Crippen molar-refractivity contribution in [2.24, 2.45) is 0 Å². The van der Waals surface area contributed by atoms with Crippen LogP contribution in [0, 0.1) is 5.82 Å². The molecule has 0 saturated carbocycles. The topological polar surface area (TPSA) is 70.7 Å². The van der Waals surface area contributed by atoms with Crippen molar-refractivity contribution in [3.05, 3.63) is 59.9 Å². The summed E-state index contributed by atoms with van der Waals surface area (Å²) in [5.74, 6) is -1.72. The molecule has 0 radical (unpaired) electrons. The predicted octanol–water partition coefficient (Wildman–Crippen LogP) is 1.96. The molecule has 1 heterocycles. The van der Waals surface area contributed by atoms with Gasteiger partial charge in [-0.3, -0.25) is 9.59 Å². The summed E-state index contributed by atoms with van der Waals surface area (Å²) in [6.07, 6.45) is 0.520. The van der Waals surface area contributed by atoms with Crippen molar-refractivity contribution in [3.8, 4) is 0 Å². The Morgan fingerprint density at radius 3 is 2.52 bits per heavy atom. The van der Waals surface area contributed by atoms with Gasteiger partial charge in [-0.05, 0) is 42.3 Å². The number of nitrogens with one attached hydrogen (secondary N) is 2. The highest BCUT2D eigenvalue weighted by Gasteiger charge is 2.15. The number of ether oxygens (including phenoxy) is 1. The molecule has 2 amide bonds. The van der Waals surface area contributed by atoms with Gasteiger partial charge in [-0.2, -0.15) is 0 Å². The van der Waals surface area contributed by atoms with E-state index in [1.807, 2.05) is 18.2 Å². The van der Waals surface area contributed by atoms with E-state index in [-0.39, 0.29) is 5.82 Å². The Morgan fingerprint density at radius 1 is 1.04 bits per heavy atom. The first-order chi connectivity index (χ1) is 13.1. The van der Waals surface area contributed by atoms with Gasteiger partial charge in [-0.1, -0.05) is 18.2 Å². The molecule has 1 aliphatic heterocycles. The summed E-state index contributed by atoms with van der Waals surface area (Å²) >= 11 is 0. The smallest absolute Gasteiger partial charge is 0.313 e. The van der Waals surface area contributed by atoms with E-state index in [0.717, 1.165) is 24.3 Å².